The fourth-order valence-corrected chi connectivity index (χ4v) is 1.09. The number of nitrogens with zero attached hydrogens (tertiary/aromatic N) is 2. The van der Waals surface area contributed by atoms with Crippen molar-refractivity contribution in [2.75, 3.05) is 0 Å². The van der Waals surface area contributed by atoms with E-state index in [0.29, 0.717) is 5.52 Å². The van der Waals surface area contributed by atoms with Crippen LogP contribution in [0.5, 0.6) is 5.88 Å². The van der Waals surface area contributed by atoms with Gasteiger partial charge >= 0.3 is 6.09 Å². The molecule has 0 saturated carbocycles. The zero-order chi connectivity index (χ0) is 9.97. The molecule has 14 heavy (non-hydrogen) atoms. The standard InChI is InChI=1S/C9H7N3O2/c10-9(13)14-8-5-11-6-3-1-2-4-7(6)12-8/h1-5H,(H2,10,13). The molecule has 5 nitrogen and oxygen atoms in total. The first kappa shape index (κ1) is 8.43. The summed E-state index contributed by atoms with van der Waals surface area (Å²) in [5, 5.41) is 0. The van der Waals surface area contributed by atoms with Gasteiger partial charge in [-0.25, -0.2) is 14.8 Å². The topological polar surface area (TPSA) is 78.1 Å². The van der Waals surface area contributed by atoms with E-state index in [9.17, 15) is 4.79 Å². The van der Waals surface area contributed by atoms with Gasteiger partial charge in [-0.2, -0.15) is 0 Å². The van der Waals surface area contributed by atoms with Crippen LogP contribution in [0.25, 0.3) is 11.0 Å². The third-order valence-corrected chi connectivity index (χ3v) is 1.63. The van der Waals surface area contributed by atoms with E-state index in [1.54, 1.807) is 6.07 Å². The molecule has 0 saturated heterocycles. The van der Waals surface area contributed by atoms with Gasteiger partial charge in [0.1, 0.15) is 0 Å². The molecule has 70 valence electrons. The highest BCUT2D eigenvalue weighted by molar-refractivity contribution is 5.75. The quantitative estimate of drug-likeness (QED) is 0.728. The van der Waals surface area contributed by atoms with Gasteiger partial charge in [-0.05, 0) is 12.1 Å². The first-order valence-corrected chi connectivity index (χ1v) is 3.95. The summed E-state index contributed by atoms with van der Waals surface area (Å²) < 4.78 is 4.59. The molecule has 0 atom stereocenters. The fourth-order valence-electron chi connectivity index (χ4n) is 1.09. The summed E-state index contributed by atoms with van der Waals surface area (Å²) in [5.74, 6) is 0.108. The predicted octanol–water partition coefficient (Wildman–Crippen LogP) is 1.09. The van der Waals surface area contributed by atoms with Crippen molar-refractivity contribution in [2.45, 2.75) is 0 Å². The molecule has 0 aliphatic carbocycles. The summed E-state index contributed by atoms with van der Waals surface area (Å²) in [7, 11) is 0. The second-order valence-electron chi connectivity index (χ2n) is 2.62. The smallest absolute Gasteiger partial charge is 0.390 e. The minimum Gasteiger partial charge on any atom is -0.390 e. The molecular formula is C9H7N3O2. The highest BCUT2D eigenvalue weighted by Crippen LogP contribution is 2.12. The Labute approximate surface area is 79.5 Å². The van der Waals surface area contributed by atoms with Crippen LogP contribution in [-0.2, 0) is 0 Å². The molecule has 0 aliphatic rings. The number of fused-ring (bicyclic) bond motifs is 1. The van der Waals surface area contributed by atoms with Crippen LogP contribution in [0, 0.1) is 0 Å². The van der Waals surface area contributed by atoms with Crippen LogP contribution in [-0.4, -0.2) is 16.1 Å². The molecule has 5 heteroatoms. The van der Waals surface area contributed by atoms with Crippen molar-refractivity contribution >= 4 is 17.1 Å². The van der Waals surface area contributed by atoms with E-state index in [2.05, 4.69) is 14.7 Å². The molecule has 2 N–H and O–H groups in total. The predicted molar refractivity (Wildman–Crippen MR) is 49.7 cm³/mol. The van der Waals surface area contributed by atoms with Crippen LogP contribution in [0.2, 0.25) is 0 Å². The Balaban J connectivity index is 2.46. The van der Waals surface area contributed by atoms with E-state index in [-0.39, 0.29) is 5.88 Å². The number of hydrogen-bond donors (Lipinski definition) is 1. The van der Waals surface area contributed by atoms with Gasteiger partial charge in [0.25, 0.3) is 0 Å². The van der Waals surface area contributed by atoms with Crippen LogP contribution in [0.15, 0.2) is 30.5 Å². The number of amides is 1. The van der Waals surface area contributed by atoms with Crippen molar-refractivity contribution in [1.29, 1.82) is 0 Å². The maximum absolute atomic E-state index is 10.4. The van der Waals surface area contributed by atoms with Crippen molar-refractivity contribution < 1.29 is 9.53 Å². The summed E-state index contributed by atoms with van der Waals surface area (Å²) >= 11 is 0. The lowest BCUT2D eigenvalue weighted by Crippen LogP contribution is -2.17. The van der Waals surface area contributed by atoms with E-state index in [4.69, 9.17) is 5.73 Å². The Kier molecular flexibility index (Phi) is 1.98. The number of benzene rings is 1. The van der Waals surface area contributed by atoms with Crippen molar-refractivity contribution in [3.63, 3.8) is 0 Å². The van der Waals surface area contributed by atoms with E-state index in [1.165, 1.54) is 6.20 Å². The van der Waals surface area contributed by atoms with Gasteiger partial charge in [0.15, 0.2) is 0 Å². The zero-order valence-electron chi connectivity index (χ0n) is 7.18. The minimum absolute atomic E-state index is 0.108. The van der Waals surface area contributed by atoms with Gasteiger partial charge in [0.2, 0.25) is 5.88 Å². The SMILES string of the molecule is NC(=O)Oc1cnc2ccccc2n1. The third-order valence-electron chi connectivity index (χ3n) is 1.63. The van der Waals surface area contributed by atoms with Gasteiger partial charge in [-0.15, -0.1) is 0 Å². The molecule has 1 aromatic carbocycles. The lowest BCUT2D eigenvalue weighted by atomic mass is 10.3. The number of carbonyl (C=O) groups is 1. The van der Waals surface area contributed by atoms with Crippen molar-refractivity contribution in [3.05, 3.63) is 30.5 Å². The lowest BCUT2D eigenvalue weighted by molar-refractivity contribution is 0.209. The average molecular weight is 189 g/mol. The van der Waals surface area contributed by atoms with Crippen LogP contribution < -0.4 is 10.5 Å². The van der Waals surface area contributed by atoms with Crippen LogP contribution >= 0.6 is 0 Å². The number of nitrogens with two attached hydrogens (primary N) is 1. The van der Waals surface area contributed by atoms with Crippen molar-refractivity contribution in [1.82, 2.24) is 9.97 Å². The number of rotatable bonds is 1. The first-order valence-electron chi connectivity index (χ1n) is 3.95. The van der Waals surface area contributed by atoms with Gasteiger partial charge in [0.05, 0.1) is 17.2 Å². The van der Waals surface area contributed by atoms with Crippen molar-refractivity contribution in [2.24, 2.45) is 5.73 Å². The van der Waals surface area contributed by atoms with Crippen LogP contribution in [0.4, 0.5) is 4.79 Å². The highest BCUT2D eigenvalue weighted by atomic mass is 16.6. The molecule has 2 rings (SSSR count). The lowest BCUT2D eigenvalue weighted by Gasteiger charge is -2.00. The number of primary amides is 1. The Bertz CT molecular complexity index is 484. The number of hydrogen-bond acceptors (Lipinski definition) is 4. The summed E-state index contributed by atoms with van der Waals surface area (Å²) in [5.41, 5.74) is 6.24. The molecule has 2 aromatic rings. The third kappa shape index (κ3) is 1.61. The molecule has 1 amide bonds. The number of carbonyl (C=O) groups excluding carboxylic acids is 1. The fraction of sp³-hybridized carbons (Fsp3) is 0. The van der Waals surface area contributed by atoms with E-state index in [0.717, 1.165) is 5.52 Å². The summed E-state index contributed by atoms with van der Waals surface area (Å²) in [4.78, 5) is 18.5. The molecular weight excluding hydrogens is 182 g/mol. The minimum atomic E-state index is -0.894. The van der Waals surface area contributed by atoms with Crippen LogP contribution in [0.1, 0.15) is 0 Å². The number of ether oxygens (including phenoxy) is 1. The number of para-hydroxylation sites is 2. The first-order chi connectivity index (χ1) is 6.75. The van der Waals surface area contributed by atoms with Gasteiger partial charge in [-0.1, -0.05) is 12.1 Å². The monoisotopic (exact) mass is 189 g/mol. The average Bonchev–Trinajstić information content (AvgIpc) is 2.17. The van der Waals surface area contributed by atoms with E-state index < -0.39 is 6.09 Å². The summed E-state index contributed by atoms with van der Waals surface area (Å²) in [6.45, 7) is 0. The Morgan fingerprint density at radius 3 is 2.71 bits per heavy atom. The summed E-state index contributed by atoms with van der Waals surface area (Å²) in [6, 6.07) is 7.27. The molecule has 0 fully saturated rings. The van der Waals surface area contributed by atoms with E-state index in [1.807, 2.05) is 18.2 Å². The second-order valence-corrected chi connectivity index (χ2v) is 2.62. The Hall–Kier alpha value is -2.17. The zero-order valence-corrected chi connectivity index (χ0v) is 7.18. The molecule has 1 heterocycles. The molecule has 0 aliphatic heterocycles. The second kappa shape index (κ2) is 3.29. The largest absolute Gasteiger partial charge is 0.411 e. The molecule has 0 bridgehead atoms. The maximum Gasteiger partial charge on any atom is 0.411 e. The van der Waals surface area contributed by atoms with Gasteiger partial charge in [-0.3, -0.25) is 0 Å². The highest BCUT2D eigenvalue weighted by Gasteiger charge is 2.02. The normalized spacial score (nSPS) is 10.0. The summed E-state index contributed by atoms with van der Waals surface area (Å²) in [6.07, 6.45) is 0.460. The van der Waals surface area contributed by atoms with Crippen molar-refractivity contribution in [3.8, 4) is 5.88 Å². The molecule has 0 unspecified atom stereocenters. The molecule has 1 aromatic heterocycles. The maximum atomic E-state index is 10.4. The molecule has 0 radical (unpaired) electrons. The number of aromatic nitrogens is 2. The van der Waals surface area contributed by atoms with E-state index >= 15 is 0 Å². The van der Waals surface area contributed by atoms with Gasteiger partial charge < -0.3 is 10.5 Å². The van der Waals surface area contributed by atoms with Crippen LogP contribution in [0.3, 0.4) is 0 Å². The molecule has 0 spiro atoms. The van der Waals surface area contributed by atoms with Gasteiger partial charge in [0, 0.05) is 0 Å². The Morgan fingerprint density at radius 2 is 2.00 bits per heavy atom. The Morgan fingerprint density at radius 1 is 1.29 bits per heavy atom.